The van der Waals surface area contributed by atoms with E-state index in [1.54, 1.807) is 7.11 Å². The molecule has 0 aliphatic carbocycles. The number of methoxy groups -OCH3 is 1. The van der Waals surface area contributed by atoms with Crippen LogP contribution in [0.3, 0.4) is 0 Å². The van der Waals surface area contributed by atoms with Crippen molar-refractivity contribution in [1.29, 1.82) is 0 Å². The molecule has 1 aromatic heterocycles. The topological polar surface area (TPSA) is 28.3 Å². The molecule has 2 heterocycles. The monoisotopic (exact) mass is 306 g/mol. The minimum absolute atomic E-state index is 0.241. The largest absolute Gasteiger partial charge is 0.496 e. The van der Waals surface area contributed by atoms with Gasteiger partial charge in [0.15, 0.2) is 0 Å². The van der Waals surface area contributed by atoms with Crippen LogP contribution in [0.15, 0.2) is 54.7 Å². The van der Waals surface area contributed by atoms with Crippen molar-refractivity contribution in [2.75, 3.05) is 20.2 Å². The number of benzene rings is 2. The molecule has 1 saturated heterocycles. The van der Waals surface area contributed by atoms with Gasteiger partial charge in [0.1, 0.15) is 5.75 Å². The van der Waals surface area contributed by atoms with Crippen molar-refractivity contribution in [3.8, 4) is 5.75 Å². The molecule has 0 radical (unpaired) electrons. The van der Waals surface area contributed by atoms with Gasteiger partial charge in [0.25, 0.3) is 0 Å². The van der Waals surface area contributed by atoms with Crippen LogP contribution in [0, 0.1) is 0 Å². The van der Waals surface area contributed by atoms with Crippen molar-refractivity contribution >= 4 is 10.9 Å². The number of para-hydroxylation sites is 2. The highest BCUT2D eigenvalue weighted by atomic mass is 16.5. The van der Waals surface area contributed by atoms with Crippen molar-refractivity contribution < 1.29 is 4.74 Å². The minimum Gasteiger partial charge on any atom is -0.496 e. The number of ether oxygens (including phenoxy) is 1. The van der Waals surface area contributed by atoms with E-state index in [0.29, 0.717) is 0 Å². The summed E-state index contributed by atoms with van der Waals surface area (Å²) in [6.45, 7) is 2.28. The van der Waals surface area contributed by atoms with Crippen LogP contribution in [0.5, 0.6) is 5.75 Å². The Morgan fingerprint density at radius 2 is 1.70 bits per heavy atom. The molecule has 0 bridgehead atoms. The standard InChI is InChI=1S/C20H22N2O/c1-23-19-11-5-3-9-16(19)20(22-12-6-7-13-22)17-14-21-18-10-4-2-8-15(17)18/h2-5,8-11,14,20-21H,6-7,12-13H2,1H3. The fourth-order valence-corrected chi connectivity index (χ4v) is 3.77. The molecule has 3 heteroatoms. The summed E-state index contributed by atoms with van der Waals surface area (Å²) in [5, 5.41) is 1.30. The molecule has 1 aliphatic heterocycles. The highest BCUT2D eigenvalue weighted by Gasteiger charge is 2.29. The first-order chi connectivity index (χ1) is 11.4. The minimum atomic E-state index is 0.241. The SMILES string of the molecule is COc1ccccc1C(c1c[nH]c2ccccc12)N1CCCC1. The number of hydrogen-bond acceptors (Lipinski definition) is 2. The lowest BCUT2D eigenvalue weighted by molar-refractivity contribution is 0.275. The molecule has 1 fully saturated rings. The van der Waals surface area contributed by atoms with E-state index in [1.807, 2.05) is 6.07 Å². The van der Waals surface area contributed by atoms with Gasteiger partial charge >= 0.3 is 0 Å². The van der Waals surface area contributed by atoms with Crippen LogP contribution < -0.4 is 4.74 Å². The third kappa shape index (κ3) is 2.51. The van der Waals surface area contributed by atoms with Gasteiger partial charge in [-0.25, -0.2) is 0 Å². The molecule has 1 atom stereocenters. The van der Waals surface area contributed by atoms with Crippen LogP contribution in [0.4, 0.5) is 0 Å². The molecular weight excluding hydrogens is 284 g/mol. The maximum Gasteiger partial charge on any atom is 0.123 e. The van der Waals surface area contributed by atoms with Crippen LogP contribution in [0.2, 0.25) is 0 Å². The second-order valence-corrected chi connectivity index (χ2v) is 6.18. The summed E-state index contributed by atoms with van der Waals surface area (Å²) in [6.07, 6.45) is 4.71. The van der Waals surface area contributed by atoms with Crippen LogP contribution in [-0.4, -0.2) is 30.1 Å². The summed E-state index contributed by atoms with van der Waals surface area (Å²) < 4.78 is 5.66. The molecule has 0 spiro atoms. The van der Waals surface area contributed by atoms with Gasteiger partial charge in [-0.3, -0.25) is 4.90 Å². The van der Waals surface area contributed by atoms with Crippen LogP contribution >= 0.6 is 0 Å². The summed E-state index contributed by atoms with van der Waals surface area (Å²) in [5.74, 6) is 0.967. The zero-order chi connectivity index (χ0) is 15.6. The van der Waals surface area contributed by atoms with Crippen molar-refractivity contribution in [2.45, 2.75) is 18.9 Å². The fraction of sp³-hybridized carbons (Fsp3) is 0.300. The van der Waals surface area contributed by atoms with Gasteiger partial charge in [-0.15, -0.1) is 0 Å². The number of aromatic nitrogens is 1. The first-order valence-corrected chi connectivity index (χ1v) is 8.31. The molecule has 23 heavy (non-hydrogen) atoms. The van der Waals surface area contributed by atoms with E-state index in [0.717, 1.165) is 18.8 Å². The number of rotatable bonds is 4. The number of likely N-dealkylation sites (tertiary alicyclic amines) is 1. The Bertz CT molecular complexity index is 802. The molecule has 1 N–H and O–H groups in total. The lowest BCUT2D eigenvalue weighted by Gasteiger charge is -2.29. The molecule has 1 unspecified atom stereocenters. The molecule has 1 aliphatic rings. The fourth-order valence-electron chi connectivity index (χ4n) is 3.77. The molecule has 118 valence electrons. The Balaban J connectivity index is 1.89. The van der Waals surface area contributed by atoms with E-state index in [2.05, 4.69) is 58.5 Å². The predicted octanol–water partition coefficient (Wildman–Crippen LogP) is 4.36. The van der Waals surface area contributed by atoms with Gasteiger partial charge in [0, 0.05) is 22.7 Å². The Morgan fingerprint density at radius 1 is 0.957 bits per heavy atom. The molecule has 0 saturated carbocycles. The Kier molecular flexibility index (Phi) is 3.80. The van der Waals surface area contributed by atoms with E-state index in [9.17, 15) is 0 Å². The molecule has 4 rings (SSSR count). The zero-order valence-corrected chi connectivity index (χ0v) is 13.5. The van der Waals surface area contributed by atoms with Gasteiger partial charge in [0.05, 0.1) is 13.2 Å². The van der Waals surface area contributed by atoms with Gasteiger partial charge < -0.3 is 9.72 Å². The van der Waals surface area contributed by atoms with E-state index >= 15 is 0 Å². The van der Waals surface area contributed by atoms with Crippen LogP contribution in [0.25, 0.3) is 10.9 Å². The average Bonchev–Trinajstić information content (AvgIpc) is 3.27. The van der Waals surface area contributed by atoms with E-state index < -0.39 is 0 Å². The van der Waals surface area contributed by atoms with Gasteiger partial charge in [-0.1, -0.05) is 36.4 Å². The lowest BCUT2D eigenvalue weighted by atomic mass is 9.96. The second-order valence-electron chi connectivity index (χ2n) is 6.18. The molecule has 2 aromatic carbocycles. The number of nitrogens with zero attached hydrogens (tertiary/aromatic N) is 1. The zero-order valence-electron chi connectivity index (χ0n) is 13.5. The summed E-state index contributed by atoms with van der Waals surface area (Å²) in [5.41, 5.74) is 3.79. The molecule has 3 aromatic rings. The summed E-state index contributed by atoms with van der Waals surface area (Å²) in [6, 6.07) is 17.2. The quantitative estimate of drug-likeness (QED) is 0.775. The Labute approximate surface area is 136 Å². The summed E-state index contributed by atoms with van der Waals surface area (Å²) in [4.78, 5) is 6.01. The first kappa shape index (κ1) is 14.3. The molecular formula is C20H22N2O. The number of H-pyrrole nitrogens is 1. The first-order valence-electron chi connectivity index (χ1n) is 8.31. The van der Waals surface area contributed by atoms with Crippen molar-refractivity contribution in [1.82, 2.24) is 9.88 Å². The van der Waals surface area contributed by atoms with E-state index in [-0.39, 0.29) is 6.04 Å². The maximum atomic E-state index is 5.66. The molecule has 0 amide bonds. The van der Waals surface area contributed by atoms with Crippen molar-refractivity contribution in [3.05, 3.63) is 65.9 Å². The smallest absolute Gasteiger partial charge is 0.123 e. The third-order valence-corrected chi connectivity index (χ3v) is 4.86. The molecule has 3 nitrogen and oxygen atoms in total. The lowest BCUT2D eigenvalue weighted by Crippen LogP contribution is -2.26. The number of aromatic amines is 1. The number of fused-ring (bicyclic) bond motifs is 1. The van der Waals surface area contributed by atoms with Crippen LogP contribution in [-0.2, 0) is 0 Å². The average molecular weight is 306 g/mol. The van der Waals surface area contributed by atoms with Gasteiger partial charge in [0.2, 0.25) is 0 Å². The number of hydrogen-bond donors (Lipinski definition) is 1. The predicted molar refractivity (Wildman–Crippen MR) is 93.9 cm³/mol. The highest BCUT2D eigenvalue weighted by molar-refractivity contribution is 5.84. The van der Waals surface area contributed by atoms with Gasteiger partial charge in [-0.2, -0.15) is 0 Å². The summed E-state index contributed by atoms with van der Waals surface area (Å²) in [7, 11) is 1.76. The van der Waals surface area contributed by atoms with Crippen molar-refractivity contribution in [3.63, 3.8) is 0 Å². The Morgan fingerprint density at radius 3 is 2.52 bits per heavy atom. The van der Waals surface area contributed by atoms with Crippen molar-refractivity contribution in [2.24, 2.45) is 0 Å². The van der Waals surface area contributed by atoms with E-state index in [4.69, 9.17) is 4.74 Å². The third-order valence-electron chi connectivity index (χ3n) is 4.86. The van der Waals surface area contributed by atoms with Crippen LogP contribution in [0.1, 0.15) is 30.0 Å². The maximum absolute atomic E-state index is 5.66. The van der Waals surface area contributed by atoms with Gasteiger partial charge in [-0.05, 0) is 43.6 Å². The highest BCUT2D eigenvalue weighted by Crippen LogP contribution is 2.39. The van der Waals surface area contributed by atoms with E-state index in [1.165, 1.54) is 34.9 Å². The summed E-state index contributed by atoms with van der Waals surface area (Å²) >= 11 is 0. The normalized spacial score (nSPS) is 16.7. The second kappa shape index (κ2) is 6.09. The Hall–Kier alpha value is -2.26. The number of nitrogens with one attached hydrogen (secondary N) is 1.